The lowest BCUT2D eigenvalue weighted by molar-refractivity contribution is 0.0787. The van der Waals surface area contributed by atoms with Crippen LogP contribution in [0.3, 0.4) is 0 Å². The van der Waals surface area contributed by atoms with Crippen molar-refractivity contribution in [3.8, 4) is 11.5 Å². The molecule has 1 fully saturated rings. The molecule has 0 aliphatic carbocycles. The maximum Gasteiger partial charge on any atom is 0.257 e. The van der Waals surface area contributed by atoms with Gasteiger partial charge in [-0.05, 0) is 36.2 Å². The van der Waals surface area contributed by atoms with E-state index in [1.54, 1.807) is 23.1 Å². The van der Waals surface area contributed by atoms with E-state index in [2.05, 4.69) is 0 Å². The lowest BCUT2D eigenvalue weighted by Crippen LogP contribution is -2.28. The Morgan fingerprint density at radius 2 is 2.13 bits per heavy atom. The van der Waals surface area contributed by atoms with Crippen LogP contribution in [0.15, 0.2) is 42.5 Å². The topological polar surface area (TPSA) is 49.8 Å². The molecule has 23 heavy (non-hydrogen) atoms. The Hall–Kier alpha value is -2.56. The summed E-state index contributed by atoms with van der Waals surface area (Å²) in [4.78, 5) is 14.3. The van der Waals surface area contributed by atoms with Crippen LogP contribution in [-0.4, -0.2) is 36.1 Å². The van der Waals surface area contributed by atoms with Crippen LogP contribution in [-0.2, 0) is 0 Å². The molecule has 4 nitrogen and oxygen atoms in total. The molecule has 0 spiro atoms. The molecule has 0 aromatic heterocycles. The number of methoxy groups -OCH3 is 1. The van der Waals surface area contributed by atoms with Crippen molar-refractivity contribution in [2.45, 2.75) is 12.3 Å². The van der Waals surface area contributed by atoms with E-state index in [1.807, 2.05) is 6.07 Å². The van der Waals surface area contributed by atoms with Gasteiger partial charge in [0, 0.05) is 25.1 Å². The van der Waals surface area contributed by atoms with Gasteiger partial charge < -0.3 is 14.7 Å². The molecule has 2 aromatic rings. The van der Waals surface area contributed by atoms with E-state index in [4.69, 9.17) is 4.74 Å². The second-order valence-corrected chi connectivity index (χ2v) is 5.67. The summed E-state index contributed by atoms with van der Waals surface area (Å²) in [6, 6.07) is 11.1. The molecule has 0 radical (unpaired) electrons. The van der Waals surface area contributed by atoms with Crippen molar-refractivity contribution in [1.29, 1.82) is 0 Å². The van der Waals surface area contributed by atoms with Gasteiger partial charge in [0.1, 0.15) is 17.3 Å². The van der Waals surface area contributed by atoms with E-state index in [9.17, 15) is 14.3 Å². The Balaban J connectivity index is 1.75. The van der Waals surface area contributed by atoms with Gasteiger partial charge in [-0.1, -0.05) is 12.1 Å². The lowest BCUT2D eigenvalue weighted by atomic mass is 9.98. The molecule has 0 unspecified atom stereocenters. The van der Waals surface area contributed by atoms with Gasteiger partial charge in [-0.15, -0.1) is 0 Å². The summed E-state index contributed by atoms with van der Waals surface area (Å²) < 4.78 is 18.4. The van der Waals surface area contributed by atoms with Crippen LogP contribution >= 0.6 is 0 Å². The number of ether oxygens (including phenoxy) is 1. The number of phenolic OH excluding ortho intramolecular Hbond substituents is 1. The third kappa shape index (κ3) is 3.13. The van der Waals surface area contributed by atoms with Gasteiger partial charge in [-0.3, -0.25) is 4.79 Å². The monoisotopic (exact) mass is 315 g/mol. The SMILES string of the molecule is COc1ccc(C(=O)N2CC[C@@H](c3cccc(F)c3)C2)c(O)c1. The van der Waals surface area contributed by atoms with Crippen LogP contribution in [0.2, 0.25) is 0 Å². The number of hydrogen-bond acceptors (Lipinski definition) is 3. The molecule has 0 saturated carbocycles. The number of carbonyl (C=O) groups is 1. The van der Waals surface area contributed by atoms with Crippen molar-refractivity contribution in [3.05, 3.63) is 59.4 Å². The van der Waals surface area contributed by atoms with Crippen molar-refractivity contribution < 1.29 is 19.0 Å². The first-order chi connectivity index (χ1) is 11.1. The first-order valence-electron chi connectivity index (χ1n) is 7.50. The number of phenols is 1. The smallest absolute Gasteiger partial charge is 0.257 e. The highest BCUT2D eigenvalue weighted by Crippen LogP contribution is 2.31. The van der Waals surface area contributed by atoms with Gasteiger partial charge in [0.15, 0.2) is 0 Å². The highest BCUT2D eigenvalue weighted by atomic mass is 19.1. The summed E-state index contributed by atoms with van der Waals surface area (Å²) in [5.74, 6) is 0.0424. The number of carbonyl (C=O) groups excluding carboxylic acids is 1. The molecule has 1 heterocycles. The van der Waals surface area contributed by atoms with E-state index in [1.165, 1.54) is 25.3 Å². The molecule has 1 saturated heterocycles. The molecule has 5 heteroatoms. The maximum absolute atomic E-state index is 13.3. The minimum atomic E-state index is -0.264. The average molecular weight is 315 g/mol. The average Bonchev–Trinajstić information content (AvgIpc) is 3.04. The Bertz CT molecular complexity index is 732. The van der Waals surface area contributed by atoms with Crippen molar-refractivity contribution >= 4 is 5.91 Å². The predicted octanol–water partition coefficient (Wildman–Crippen LogP) is 3.17. The fourth-order valence-electron chi connectivity index (χ4n) is 2.97. The van der Waals surface area contributed by atoms with E-state index < -0.39 is 0 Å². The molecule has 120 valence electrons. The Labute approximate surface area is 134 Å². The normalized spacial score (nSPS) is 17.3. The number of aromatic hydroxyl groups is 1. The van der Waals surface area contributed by atoms with Crippen LogP contribution in [0.5, 0.6) is 11.5 Å². The first-order valence-corrected chi connectivity index (χ1v) is 7.50. The highest BCUT2D eigenvalue weighted by Gasteiger charge is 2.29. The number of rotatable bonds is 3. The number of amides is 1. The largest absolute Gasteiger partial charge is 0.507 e. The molecule has 1 aliphatic heterocycles. The Morgan fingerprint density at radius 3 is 2.83 bits per heavy atom. The molecule has 3 rings (SSSR count). The third-order valence-electron chi connectivity index (χ3n) is 4.23. The van der Waals surface area contributed by atoms with E-state index >= 15 is 0 Å². The zero-order valence-electron chi connectivity index (χ0n) is 12.8. The number of likely N-dealkylation sites (tertiary alicyclic amines) is 1. The molecule has 1 amide bonds. The van der Waals surface area contributed by atoms with Gasteiger partial charge in [-0.25, -0.2) is 4.39 Å². The van der Waals surface area contributed by atoms with Crippen molar-refractivity contribution in [3.63, 3.8) is 0 Å². The fraction of sp³-hybridized carbons (Fsp3) is 0.278. The minimum absolute atomic E-state index is 0.0939. The summed E-state index contributed by atoms with van der Waals surface area (Å²) in [5, 5.41) is 10.00. The number of halogens is 1. The molecule has 1 aliphatic rings. The third-order valence-corrected chi connectivity index (χ3v) is 4.23. The van der Waals surface area contributed by atoms with Crippen LogP contribution in [0.25, 0.3) is 0 Å². The predicted molar refractivity (Wildman–Crippen MR) is 84.3 cm³/mol. The maximum atomic E-state index is 13.3. The summed E-state index contributed by atoms with van der Waals surface area (Å²) in [6.45, 7) is 1.11. The Morgan fingerprint density at radius 1 is 1.30 bits per heavy atom. The lowest BCUT2D eigenvalue weighted by Gasteiger charge is -2.18. The first kappa shape index (κ1) is 15.3. The zero-order chi connectivity index (χ0) is 16.4. The van der Waals surface area contributed by atoms with E-state index in [-0.39, 0.29) is 29.0 Å². The molecule has 1 N–H and O–H groups in total. The fourth-order valence-corrected chi connectivity index (χ4v) is 2.97. The van der Waals surface area contributed by atoms with Crippen LogP contribution < -0.4 is 4.74 Å². The van der Waals surface area contributed by atoms with Gasteiger partial charge in [-0.2, -0.15) is 0 Å². The van der Waals surface area contributed by atoms with Crippen molar-refractivity contribution in [2.75, 3.05) is 20.2 Å². The van der Waals surface area contributed by atoms with E-state index in [0.717, 1.165) is 12.0 Å². The standard InChI is InChI=1S/C18H18FNO3/c1-23-15-5-6-16(17(21)10-15)18(22)20-8-7-13(11-20)12-3-2-4-14(19)9-12/h2-6,9-10,13,21H,7-8,11H2,1H3/t13-/m1/s1. The van der Waals surface area contributed by atoms with Crippen LogP contribution in [0.4, 0.5) is 4.39 Å². The number of nitrogens with zero attached hydrogens (tertiary/aromatic N) is 1. The van der Waals surface area contributed by atoms with Gasteiger partial charge >= 0.3 is 0 Å². The molecular formula is C18H18FNO3. The quantitative estimate of drug-likeness (QED) is 0.946. The molecular weight excluding hydrogens is 297 g/mol. The second-order valence-electron chi connectivity index (χ2n) is 5.67. The van der Waals surface area contributed by atoms with Gasteiger partial charge in [0.05, 0.1) is 12.7 Å². The zero-order valence-corrected chi connectivity index (χ0v) is 12.8. The molecule has 0 bridgehead atoms. The summed E-state index contributed by atoms with van der Waals surface area (Å²) in [5.41, 5.74) is 1.16. The number of hydrogen-bond donors (Lipinski definition) is 1. The highest BCUT2D eigenvalue weighted by molar-refractivity contribution is 5.97. The summed E-state index contributed by atoms with van der Waals surface area (Å²) in [6.07, 6.45) is 0.784. The Kier molecular flexibility index (Phi) is 4.19. The molecule has 1 atom stereocenters. The van der Waals surface area contributed by atoms with E-state index in [0.29, 0.717) is 18.8 Å². The van der Waals surface area contributed by atoms with Crippen LogP contribution in [0.1, 0.15) is 28.3 Å². The van der Waals surface area contributed by atoms with Gasteiger partial charge in [0.25, 0.3) is 5.91 Å². The van der Waals surface area contributed by atoms with Crippen molar-refractivity contribution in [2.24, 2.45) is 0 Å². The summed E-state index contributed by atoms with van der Waals surface area (Å²) >= 11 is 0. The second kappa shape index (κ2) is 6.28. The summed E-state index contributed by atoms with van der Waals surface area (Å²) in [7, 11) is 1.50. The van der Waals surface area contributed by atoms with Crippen LogP contribution in [0, 0.1) is 5.82 Å². The minimum Gasteiger partial charge on any atom is -0.507 e. The van der Waals surface area contributed by atoms with Crippen molar-refractivity contribution in [1.82, 2.24) is 4.90 Å². The van der Waals surface area contributed by atoms with Gasteiger partial charge in [0.2, 0.25) is 0 Å². The number of benzene rings is 2. The molecule has 2 aromatic carbocycles.